The largest absolute Gasteiger partial charge is 0.487 e. The fraction of sp³-hybridized carbons (Fsp3) is 0.100. The van der Waals surface area contributed by atoms with Gasteiger partial charge in [-0.05, 0) is 57.9 Å². The summed E-state index contributed by atoms with van der Waals surface area (Å²) in [5.74, 6) is 0.225. The highest BCUT2D eigenvalue weighted by Gasteiger charge is 2.07. The number of rotatable bonds is 6. The lowest BCUT2D eigenvalue weighted by Crippen LogP contribution is -2.01. The fourth-order valence-electron chi connectivity index (χ4n) is 2.35. The summed E-state index contributed by atoms with van der Waals surface area (Å²) in [5.41, 5.74) is 2.39. The van der Waals surface area contributed by atoms with Gasteiger partial charge in [0.1, 0.15) is 18.2 Å². The van der Waals surface area contributed by atoms with E-state index in [1.807, 2.05) is 30.3 Å². The lowest BCUT2D eigenvalue weighted by molar-refractivity contribution is 0.300. The molecule has 0 heterocycles. The van der Waals surface area contributed by atoms with E-state index in [9.17, 15) is 4.39 Å². The first-order chi connectivity index (χ1) is 12.5. The maximum atomic E-state index is 13.6. The van der Waals surface area contributed by atoms with Crippen molar-refractivity contribution in [2.75, 3.05) is 5.32 Å². The second-order valence-corrected chi connectivity index (χ2v) is 7.30. The van der Waals surface area contributed by atoms with Crippen LogP contribution in [0.4, 0.5) is 10.1 Å². The van der Waals surface area contributed by atoms with Crippen LogP contribution in [0.25, 0.3) is 0 Å². The standard InChI is InChI=1S/C20H15BrCl2FNO/c21-16-7-6-15(10-17(16)22)25-11-13-5-8-20(18(23)9-13)26-12-14-3-1-2-4-19(14)24/h1-10,25H,11-12H2. The zero-order chi connectivity index (χ0) is 18.5. The predicted octanol–water partition coefficient (Wildman–Crippen LogP) is 7.09. The Hall–Kier alpha value is -1.75. The van der Waals surface area contributed by atoms with E-state index < -0.39 is 0 Å². The quantitative estimate of drug-likeness (QED) is 0.429. The van der Waals surface area contributed by atoms with Crippen molar-refractivity contribution in [1.29, 1.82) is 0 Å². The van der Waals surface area contributed by atoms with Crippen molar-refractivity contribution in [2.24, 2.45) is 0 Å². The molecule has 2 nitrogen and oxygen atoms in total. The van der Waals surface area contributed by atoms with E-state index in [4.69, 9.17) is 27.9 Å². The molecule has 134 valence electrons. The van der Waals surface area contributed by atoms with Crippen molar-refractivity contribution in [3.05, 3.63) is 92.1 Å². The van der Waals surface area contributed by atoms with E-state index in [1.165, 1.54) is 6.07 Å². The van der Waals surface area contributed by atoms with Crippen molar-refractivity contribution in [2.45, 2.75) is 13.2 Å². The molecule has 3 aromatic carbocycles. The zero-order valence-electron chi connectivity index (χ0n) is 13.6. The van der Waals surface area contributed by atoms with Crippen LogP contribution in [-0.4, -0.2) is 0 Å². The average molecular weight is 455 g/mol. The number of hydrogen-bond acceptors (Lipinski definition) is 2. The van der Waals surface area contributed by atoms with E-state index >= 15 is 0 Å². The zero-order valence-corrected chi connectivity index (χ0v) is 16.7. The highest BCUT2D eigenvalue weighted by molar-refractivity contribution is 9.10. The molecule has 6 heteroatoms. The number of ether oxygens (including phenoxy) is 1. The molecule has 0 unspecified atom stereocenters. The number of hydrogen-bond donors (Lipinski definition) is 1. The second-order valence-electron chi connectivity index (χ2n) is 5.63. The molecule has 3 aromatic rings. The topological polar surface area (TPSA) is 21.3 Å². The molecule has 0 spiro atoms. The van der Waals surface area contributed by atoms with Crippen LogP contribution in [0.1, 0.15) is 11.1 Å². The van der Waals surface area contributed by atoms with E-state index in [-0.39, 0.29) is 12.4 Å². The molecule has 0 radical (unpaired) electrons. The molecule has 0 aliphatic heterocycles. The van der Waals surface area contributed by atoms with Gasteiger partial charge in [-0.1, -0.05) is 47.5 Å². The van der Waals surface area contributed by atoms with Crippen LogP contribution in [0.15, 0.2) is 65.1 Å². The van der Waals surface area contributed by atoms with Crippen molar-refractivity contribution in [3.63, 3.8) is 0 Å². The first-order valence-electron chi connectivity index (χ1n) is 7.86. The highest BCUT2D eigenvalue weighted by atomic mass is 79.9. The van der Waals surface area contributed by atoms with Gasteiger partial charge in [-0.15, -0.1) is 0 Å². The Balaban J connectivity index is 1.61. The highest BCUT2D eigenvalue weighted by Crippen LogP contribution is 2.28. The molecule has 0 aromatic heterocycles. The summed E-state index contributed by atoms with van der Waals surface area (Å²) in [6, 6.07) is 17.7. The molecular formula is C20H15BrCl2FNO. The first kappa shape index (κ1) is 19.0. The van der Waals surface area contributed by atoms with Crippen molar-refractivity contribution >= 4 is 44.8 Å². The van der Waals surface area contributed by atoms with E-state index in [1.54, 1.807) is 24.3 Å². The summed E-state index contributed by atoms with van der Waals surface area (Å²) in [4.78, 5) is 0. The maximum absolute atomic E-state index is 13.6. The van der Waals surface area contributed by atoms with Crippen LogP contribution in [0.5, 0.6) is 5.75 Å². The summed E-state index contributed by atoms with van der Waals surface area (Å²) >= 11 is 15.7. The Labute approximate surface area is 170 Å². The van der Waals surface area contributed by atoms with Gasteiger partial charge >= 0.3 is 0 Å². The SMILES string of the molecule is Fc1ccccc1COc1ccc(CNc2ccc(Br)c(Cl)c2)cc1Cl. The van der Waals surface area contributed by atoms with Gasteiger partial charge in [-0.25, -0.2) is 4.39 Å². The molecule has 0 aliphatic rings. The maximum Gasteiger partial charge on any atom is 0.138 e. The Kier molecular flexibility index (Phi) is 6.41. The van der Waals surface area contributed by atoms with Crippen LogP contribution in [0.2, 0.25) is 10.0 Å². The van der Waals surface area contributed by atoms with Crippen molar-refractivity contribution in [1.82, 2.24) is 0 Å². The van der Waals surface area contributed by atoms with Crippen LogP contribution < -0.4 is 10.1 Å². The lowest BCUT2D eigenvalue weighted by Gasteiger charge is -2.11. The van der Waals surface area contributed by atoms with E-state index in [2.05, 4.69) is 21.2 Å². The van der Waals surface area contributed by atoms with Crippen LogP contribution in [0.3, 0.4) is 0 Å². The molecule has 0 saturated carbocycles. The first-order valence-corrected chi connectivity index (χ1v) is 9.41. The molecule has 3 rings (SSSR count). The number of nitrogens with one attached hydrogen (secondary N) is 1. The fourth-order valence-corrected chi connectivity index (χ4v) is 3.04. The summed E-state index contributed by atoms with van der Waals surface area (Å²) < 4.78 is 20.1. The molecule has 1 N–H and O–H groups in total. The molecule has 0 fully saturated rings. The van der Waals surface area contributed by atoms with Crippen LogP contribution in [-0.2, 0) is 13.2 Å². The van der Waals surface area contributed by atoms with Gasteiger partial charge in [-0.3, -0.25) is 0 Å². The van der Waals surface area contributed by atoms with E-state index in [0.717, 1.165) is 15.7 Å². The Morgan fingerprint density at radius 1 is 0.962 bits per heavy atom. The third kappa shape index (κ3) is 4.91. The number of anilines is 1. The predicted molar refractivity (Wildman–Crippen MR) is 109 cm³/mol. The second kappa shape index (κ2) is 8.76. The third-order valence-corrected chi connectivity index (χ3v) is 5.28. The van der Waals surface area contributed by atoms with Gasteiger partial charge in [0.2, 0.25) is 0 Å². The Bertz CT molecular complexity index is 920. The molecule has 0 amide bonds. The third-order valence-electron chi connectivity index (χ3n) is 3.75. The molecule has 26 heavy (non-hydrogen) atoms. The van der Waals surface area contributed by atoms with Gasteiger partial charge in [0.05, 0.1) is 10.0 Å². The minimum atomic E-state index is -0.294. The monoisotopic (exact) mass is 453 g/mol. The summed E-state index contributed by atoms with van der Waals surface area (Å²) in [7, 11) is 0. The smallest absolute Gasteiger partial charge is 0.138 e. The van der Waals surface area contributed by atoms with Gasteiger partial charge in [0, 0.05) is 22.3 Å². The Morgan fingerprint density at radius 2 is 1.77 bits per heavy atom. The number of halogens is 4. The summed E-state index contributed by atoms with van der Waals surface area (Å²) in [6.45, 7) is 0.715. The van der Waals surface area contributed by atoms with Gasteiger partial charge in [0.25, 0.3) is 0 Å². The minimum absolute atomic E-state index is 0.126. The van der Waals surface area contributed by atoms with Crippen LogP contribution >= 0.6 is 39.1 Å². The average Bonchev–Trinajstić information content (AvgIpc) is 2.63. The lowest BCUT2D eigenvalue weighted by atomic mass is 10.2. The summed E-state index contributed by atoms with van der Waals surface area (Å²) in [5, 5.41) is 4.41. The van der Waals surface area contributed by atoms with Gasteiger partial charge < -0.3 is 10.1 Å². The molecule has 0 bridgehead atoms. The number of benzene rings is 3. The molecule has 0 saturated heterocycles. The molecular weight excluding hydrogens is 440 g/mol. The Morgan fingerprint density at radius 3 is 2.50 bits per heavy atom. The summed E-state index contributed by atoms with van der Waals surface area (Å²) in [6.07, 6.45) is 0. The molecule has 0 aliphatic carbocycles. The van der Waals surface area contributed by atoms with Gasteiger partial charge in [0.15, 0.2) is 0 Å². The van der Waals surface area contributed by atoms with E-state index in [0.29, 0.717) is 27.9 Å². The normalized spacial score (nSPS) is 10.6. The van der Waals surface area contributed by atoms with Gasteiger partial charge in [-0.2, -0.15) is 0 Å². The van der Waals surface area contributed by atoms with Crippen LogP contribution in [0, 0.1) is 5.82 Å². The molecule has 0 atom stereocenters. The van der Waals surface area contributed by atoms with Crippen molar-refractivity contribution < 1.29 is 9.13 Å². The van der Waals surface area contributed by atoms with Crippen molar-refractivity contribution in [3.8, 4) is 5.75 Å². The minimum Gasteiger partial charge on any atom is -0.487 e.